The molecule has 0 bridgehead atoms. The topological polar surface area (TPSA) is 83.8 Å². The van der Waals surface area contributed by atoms with Gasteiger partial charge in [0, 0.05) is 12.4 Å². The Morgan fingerprint density at radius 2 is 2.29 bits per heavy atom. The predicted octanol–water partition coefficient (Wildman–Crippen LogP) is 1.02. The molecule has 7 nitrogen and oxygen atoms in total. The van der Waals surface area contributed by atoms with Gasteiger partial charge in [-0.25, -0.2) is 14.5 Å². The molecule has 2 N–H and O–H groups in total. The van der Waals surface area contributed by atoms with E-state index >= 15 is 0 Å². The second kappa shape index (κ2) is 3.85. The lowest BCUT2D eigenvalue weighted by Crippen LogP contribution is -2.10. The van der Waals surface area contributed by atoms with Crippen LogP contribution in [-0.2, 0) is 0 Å². The molecule has 3 heterocycles. The van der Waals surface area contributed by atoms with Crippen LogP contribution < -0.4 is 5.32 Å². The highest BCUT2D eigenvalue weighted by atomic mass is 15.2. The molecule has 0 fully saturated rings. The molecule has 86 valence electrons. The van der Waals surface area contributed by atoms with Crippen LogP contribution in [0.25, 0.3) is 5.52 Å². The molecule has 17 heavy (non-hydrogen) atoms. The van der Waals surface area contributed by atoms with Gasteiger partial charge in [-0.3, -0.25) is 5.10 Å². The molecular weight excluding hydrogens is 218 g/mol. The van der Waals surface area contributed by atoms with Crippen molar-refractivity contribution >= 4 is 11.3 Å². The van der Waals surface area contributed by atoms with Crippen molar-refractivity contribution in [2.45, 2.75) is 13.0 Å². The fraction of sp³-hybridized carbons (Fsp3) is 0.200. The van der Waals surface area contributed by atoms with Crippen LogP contribution in [0.2, 0.25) is 0 Å². The van der Waals surface area contributed by atoms with Crippen molar-refractivity contribution < 1.29 is 0 Å². The van der Waals surface area contributed by atoms with Gasteiger partial charge in [0.25, 0.3) is 0 Å². The third kappa shape index (κ3) is 1.71. The van der Waals surface area contributed by atoms with E-state index in [1.807, 2.05) is 13.0 Å². The van der Waals surface area contributed by atoms with Gasteiger partial charge < -0.3 is 5.32 Å². The van der Waals surface area contributed by atoms with E-state index in [2.05, 4.69) is 30.6 Å². The Labute approximate surface area is 96.9 Å². The van der Waals surface area contributed by atoms with Gasteiger partial charge in [0.15, 0.2) is 5.82 Å². The largest absolute Gasteiger partial charge is 0.359 e. The smallest absolute Gasteiger partial charge is 0.152 e. The van der Waals surface area contributed by atoms with Gasteiger partial charge in [0.05, 0.1) is 12.2 Å². The third-order valence-corrected chi connectivity index (χ3v) is 2.52. The Kier molecular flexibility index (Phi) is 2.21. The average Bonchev–Trinajstić information content (AvgIpc) is 3.00. The summed E-state index contributed by atoms with van der Waals surface area (Å²) < 4.78 is 1.77. The van der Waals surface area contributed by atoms with Crippen LogP contribution in [0, 0.1) is 0 Å². The van der Waals surface area contributed by atoms with Crippen molar-refractivity contribution in [1.29, 1.82) is 0 Å². The molecule has 0 aromatic carbocycles. The molecule has 0 aliphatic carbocycles. The first kappa shape index (κ1) is 9.76. The van der Waals surface area contributed by atoms with E-state index in [1.165, 1.54) is 6.33 Å². The maximum Gasteiger partial charge on any atom is 0.152 e. The third-order valence-electron chi connectivity index (χ3n) is 2.52. The van der Waals surface area contributed by atoms with Crippen molar-refractivity contribution in [1.82, 2.24) is 29.8 Å². The van der Waals surface area contributed by atoms with Gasteiger partial charge in [-0.1, -0.05) is 0 Å². The fourth-order valence-electron chi connectivity index (χ4n) is 1.67. The number of anilines is 1. The van der Waals surface area contributed by atoms with Gasteiger partial charge >= 0.3 is 0 Å². The molecule has 0 saturated heterocycles. The molecule has 7 heteroatoms. The lowest BCUT2D eigenvalue weighted by molar-refractivity contribution is 0.788. The van der Waals surface area contributed by atoms with E-state index in [9.17, 15) is 0 Å². The molecule has 1 unspecified atom stereocenters. The van der Waals surface area contributed by atoms with E-state index < -0.39 is 0 Å². The Hall–Kier alpha value is -2.44. The zero-order valence-electron chi connectivity index (χ0n) is 9.20. The van der Waals surface area contributed by atoms with Crippen molar-refractivity contribution in [2.75, 3.05) is 5.32 Å². The van der Waals surface area contributed by atoms with Crippen LogP contribution >= 0.6 is 0 Å². The van der Waals surface area contributed by atoms with Gasteiger partial charge in [0.2, 0.25) is 0 Å². The zero-order valence-corrected chi connectivity index (χ0v) is 9.20. The molecular formula is C10H11N7. The maximum absolute atomic E-state index is 4.29. The lowest BCUT2D eigenvalue weighted by atomic mass is 10.3. The van der Waals surface area contributed by atoms with Gasteiger partial charge in [-0.15, -0.1) is 0 Å². The highest BCUT2D eigenvalue weighted by Crippen LogP contribution is 2.18. The monoisotopic (exact) mass is 229 g/mol. The Bertz CT molecular complexity index is 612. The molecule has 3 aromatic heterocycles. The first-order valence-corrected chi connectivity index (χ1v) is 5.25. The van der Waals surface area contributed by atoms with E-state index in [0.29, 0.717) is 0 Å². The number of aromatic nitrogens is 6. The van der Waals surface area contributed by atoms with E-state index in [-0.39, 0.29) is 6.04 Å². The minimum atomic E-state index is 0.00565. The number of H-pyrrole nitrogens is 1. The number of hydrogen-bond acceptors (Lipinski definition) is 5. The Morgan fingerprint density at radius 3 is 3.12 bits per heavy atom. The van der Waals surface area contributed by atoms with Crippen molar-refractivity contribution in [3.05, 3.63) is 36.8 Å². The van der Waals surface area contributed by atoms with E-state index in [1.54, 1.807) is 23.1 Å². The maximum atomic E-state index is 4.29. The second-order valence-electron chi connectivity index (χ2n) is 3.67. The highest BCUT2D eigenvalue weighted by Gasteiger charge is 2.11. The quantitative estimate of drug-likeness (QED) is 0.700. The number of nitrogens with one attached hydrogen (secondary N) is 2. The lowest BCUT2D eigenvalue weighted by Gasteiger charge is -2.12. The summed E-state index contributed by atoms with van der Waals surface area (Å²) >= 11 is 0. The number of nitrogens with zero attached hydrogens (tertiary/aromatic N) is 5. The molecule has 3 rings (SSSR count). The minimum Gasteiger partial charge on any atom is -0.359 e. The van der Waals surface area contributed by atoms with Crippen LogP contribution in [0.15, 0.2) is 31.0 Å². The van der Waals surface area contributed by atoms with Crippen LogP contribution in [0.1, 0.15) is 18.8 Å². The summed E-state index contributed by atoms with van der Waals surface area (Å²) in [5, 5.41) is 14.1. The van der Waals surface area contributed by atoms with E-state index in [4.69, 9.17) is 0 Å². The summed E-state index contributed by atoms with van der Waals surface area (Å²) in [5.74, 6) is 1.54. The second-order valence-corrected chi connectivity index (χ2v) is 3.67. The normalized spacial score (nSPS) is 12.8. The van der Waals surface area contributed by atoms with Gasteiger partial charge in [0.1, 0.15) is 17.7 Å². The fourth-order valence-corrected chi connectivity index (χ4v) is 1.67. The number of fused-ring (bicyclic) bond motifs is 1. The number of aromatic amines is 1. The zero-order chi connectivity index (χ0) is 11.7. The molecule has 3 aromatic rings. The molecule has 0 saturated carbocycles. The minimum absolute atomic E-state index is 0.00565. The van der Waals surface area contributed by atoms with Gasteiger partial charge in [-0.2, -0.15) is 10.2 Å². The molecule has 0 aliphatic heterocycles. The summed E-state index contributed by atoms with van der Waals surface area (Å²) in [7, 11) is 0. The molecule has 0 radical (unpaired) electrons. The summed E-state index contributed by atoms with van der Waals surface area (Å²) in [6.07, 6.45) is 6.73. The van der Waals surface area contributed by atoms with Crippen molar-refractivity contribution in [3.63, 3.8) is 0 Å². The molecule has 0 amide bonds. The molecule has 0 aliphatic rings. The summed E-state index contributed by atoms with van der Waals surface area (Å²) in [4.78, 5) is 8.40. The molecule has 0 spiro atoms. The summed E-state index contributed by atoms with van der Waals surface area (Å²) in [5.41, 5.74) is 0.930. The van der Waals surface area contributed by atoms with Gasteiger partial charge in [-0.05, 0) is 13.0 Å². The summed E-state index contributed by atoms with van der Waals surface area (Å²) in [6, 6.07) is 1.91. The van der Waals surface area contributed by atoms with Crippen molar-refractivity contribution in [3.8, 4) is 0 Å². The van der Waals surface area contributed by atoms with Crippen LogP contribution in [0.5, 0.6) is 0 Å². The van der Waals surface area contributed by atoms with Crippen LogP contribution in [0.4, 0.5) is 5.82 Å². The standard InChI is InChI=1S/C10H11N7/c1-7(9-12-6-13-16-9)15-10-8-2-3-14-17(8)5-4-11-10/h2-7H,1H3,(H,11,15)(H,12,13,16). The predicted molar refractivity (Wildman–Crippen MR) is 61.4 cm³/mol. The van der Waals surface area contributed by atoms with Crippen LogP contribution in [0.3, 0.4) is 0 Å². The average molecular weight is 229 g/mol. The first-order valence-electron chi connectivity index (χ1n) is 5.25. The Balaban J connectivity index is 1.92. The SMILES string of the molecule is CC(Nc1nccn2nccc12)c1ncn[nH]1. The molecule has 1 atom stereocenters. The first-order chi connectivity index (χ1) is 8.34. The number of rotatable bonds is 3. The number of hydrogen-bond donors (Lipinski definition) is 2. The van der Waals surface area contributed by atoms with E-state index in [0.717, 1.165) is 17.2 Å². The summed E-state index contributed by atoms with van der Waals surface area (Å²) in [6.45, 7) is 1.99. The van der Waals surface area contributed by atoms with Crippen molar-refractivity contribution in [2.24, 2.45) is 0 Å². The highest BCUT2D eigenvalue weighted by molar-refractivity contribution is 5.67. The van der Waals surface area contributed by atoms with Crippen LogP contribution in [-0.4, -0.2) is 29.8 Å². The Morgan fingerprint density at radius 1 is 1.35 bits per heavy atom.